The Morgan fingerprint density at radius 1 is 1.08 bits per heavy atom. The number of amides is 1. The molecule has 1 aliphatic carbocycles. The fraction of sp³-hybridized carbons (Fsp3) is 0.273. The molecule has 0 unspecified atom stereocenters. The number of benzene rings is 2. The SMILES string of the molecule is Cc1ccc(CN(C(=O)c2cc(C)n(-c3ccccc3)n2)C2CC2)cc1. The van der Waals surface area contributed by atoms with Crippen LogP contribution >= 0.6 is 0 Å². The molecule has 4 heteroatoms. The molecule has 1 aliphatic rings. The molecule has 1 heterocycles. The second-order valence-electron chi connectivity index (χ2n) is 7.07. The maximum absolute atomic E-state index is 13.1. The zero-order chi connectivity index (χ0) is 18.1. The highest BCUT2D eigenvalue weighted by molar-refractivity contribution is 5.93. The van der Waals surface area contributed by atoms with E-state index in [-0.39, 0.29) is 5.91 Å². The molecular formula is C22H23N3O. The molecule has 0 atom stereocenters. The monoisotopic (exact) mass is 345 g/mol. The molecule has 132 valence electrons. The van der Waals surface area contributed by atoms with E-state index >= 15 is 0 Å². The number of para-hydroxylation sites is 1. The molecule has 1 fully saturated rings. The van der Waals surface area contributed by atoms with Gasteiger partial charge in [0.25, 0.3) is 5.91 Å². The predicted octanol–water partition coefficient (Wildman–Crippen LogP) is 4.29. The minimum atomic E-state index is 0.0193. The van der Waals surface area contributed by atoms with E-state index in [1.165, 1.54) is 5.56 Å². The molecule has 0 bridgehead atoms. The van der Waals surface area contributed by atoms with E-state index in [9.17, 15) is 4.79 Å². The van der Waals surface area contributed by atoms with Gasteiger partial charge in [-0.05, 0) is 50.5 Å². The Balaban J connectivity index is 1.59. The number of carbonyl (C=O) groups is 1. The fourth-order valence-corrected chi connectivity index (χ4v) is 3.20. The Hall–Kier alpha value is -2.88. The summed E-state index contributed by atoms with van der Waals surface area (Å²) in [4.78, 5) is 15.1. The summed E-state index contributed by atoms with van der Waals surface area (Å²) in [7, 11) is 0. The molecule has 3 aromatic rings. The molecule has 1 amide bonds. The molecule has 0 saturated heterocycles. The van der Waals surface area contributed by atoms with Gasteiger partial charge in [-0.2, -0.15) is 5.10 Å². The lowest BCUT2D eigenvalue weighted by molar-refractivity contribution is 0.0723. The molecule has 1 aromatic heterocycles. The van der Waals surface area contributed by atoms with Crippen molar-refractivity contribution in [2.24, 2.45) is 0 Å². The standard InChI is InChI=1S/C22H23N3O/c1-16-8-10-18(11-9-16)15-24(19-12-13-19)22(26)21-14-17(2)25(23-21)20-6-4-3-5-7-20/h3-11,14,19H,12-13,15H2,1-2H3. The summed E-state index contributed by atoms with van der Waals surface area (Å²) in [5.41, 5.74) is 4.85. The summed E-state index contributed by atoms with van der Waals surface area (Å²) < 4.78 is 1.84. The molecular weight excluding hydrogens is 322 g/mol. The molecule has 0 N–H and O–H groups in total. The van der Waals surface area contributed by atoms with Gasteiger partial charge in [0, 0.05) is 18.3 Å². The zero-order valence-electron chi connectivity index (χ0n) is 15.2. The molecule has 0 radical (unpaired) electrons. The number of carbonyl (C=O) groups excluding carboxylic acids is 1. The Bertz CT molecular complexity index is 908. The van der Waals surface area contributed by atoms with Gasteiger partial charge < -0.3 is 4.90 Å². The van der Waals surface area contributed by atoms with E-state index in [0.29, 0.717) is 18.3 Å². The largest absolute Gasteiger partial charge is 0.330 e. The van der Waals surface area contributed by atoms with Gasteiger partial charge >= 0.3 is 0 Å². The van der Waals surface area contributed by atoms with Crippen LogP contribution in [0.15, 0.2) is 60.7 Å². The number of aromatic nitrogens is 2. The molecule has 0 aliphatic heterocycles. The van der Waals surface area contributed by atoms with Crippen LogP contribution in [0.25, 0.3) is 5.69 Å². The molecule has 2 aromatic carbocycles. The van der Waals surface area contributed by atoms with Gasteiger partial charge in [0.15, 0.2) is 5.69 Å². The second kappa shape index (κ2) is 6.79. The minimum absolute atomic E-state index is 0.0193. The third-order valence-corrected chi connectivity index (χ3v) is 4.83. The second-order valence-corrected chi connectivity index (χ2v) is 7.07. The van der Waals surface area contributed by atoms with Crippen molar-refractivity contribution in [1.82, 2.24) is 14.7 Å². The lowest BCUT2D eigenvalue weighted by atomic mass is 10.1. The maximum atomic E-state index is 13.1. The van der Waals surface area contributed by atoms with Crippen molar-refractivity contribution in [2.45, 2.75) is 39.3 Å². The highest BCUT2D eigenvalue weighted by Crippen LogP contribution is 2.30. The number of aryl methyl sites for hydroxylation is 2. The van der Waals surface area contributed by atoms with Crippen LogP contribution in [0.5, 0.6) is 0 Å². The predicted molar refractivity (Wildman–Crippen MR) is 102 cm³/mol. The molecule has 26 heavy (non-hydrogen) atoms. The zero-order valence-corrected chi connectivity index (χ0v) is 15.2. The highest BCUT2D eigenvalue weighted by atomic mass is 16.2. The molecule has 1 saturated carbocycles. The summed E-state index contributed by atoms with van der Waals surface area (Å²) in [5.74, 6) is 0.0193. The van der Waals surface area contributed by atoms with Crippen LogP contribution in [0.2, 0.25) is 0 Å². The Morgan fingerprint density at radius 2 is 1.77 bits per heavy atom. The summed E-state index contributed by atoms with van der Waals surface area (Å²) in [6.07, 6.45) is 2.16. The van der Waals surface area contributed by atoms with Crippen molar-refractivity contribution in [3.63, 3.8) is 0 Å². The first kappa shape index (κ1) is 16.6. The lowest BCUT2D eigenvalue weighted by Crippen LogP contribution is -2.33. The first-order valence-corrected chi connectivity index (χ1v) is 9.10. The van der Waals surface area contributed by atoms with Crippen LogP contribution in [0.1, 0.15) is 40.2 Å². The van der Waals surface area contributed by atoms with E-state index < -0.39 is 0 Å². The van der Waals surface area contributed by atoms with Crippen LogP contribution in [0.3, 0.4) is 0 Å². The van der Waals surface area contributed by atoms with Crippen molar-refractivity contribution in [3.05, 3.63) is 83.2 Å². The topological polar surface area (TPSA) is 38.1 Å². The number of hydrogen-bond acceptors (Lipinski definition) is 2. The lowest BCUT2D eigenvalue weighted by Gasteiger charge is -2.21. The first-order valence-electron chi connectivity index (χ1n) is 9.10. The van der Waals surface area contributed by atoms with E-state index in [1.807, 2.05) is 52.9 Å². The summed E-state index contributed by atoms with van der Waals surface area (Å²) >= 11 is 0. The Labute approximate surface area is 154 Å². The van der Waals surface area contributed by atoms with Crippen molar-refractivity contribution >= 4 is 5.91 Å². The fourth-order valence-electron chi connectivity index (χ4n) is 3.20. The normalized spacial score (nSPS) is 13.6. The average molecular weight is 345 g/mol. The average Bonchev–Trinajstić information content (AvgIpc) is 3.43. The Kier molecular flexibility index (Phi) is 4.33. The van der Waals surface area contributed by atoms with Crippen LogP contribution < -0.4 is 0 Å². The van der Waals surface area contributed by atoms with E-state index in [2.05, 4.69) is 36.3 Å². The van der Waals surface area contributed by atoms with Gasteiger partial charge in [0.1, 0.15) is 0 Å². The van der Waals surface area contributed by atoms with Gasteiger partial charge in [-0.1, -0.05) is 48.0 Å². The van der Waals surface area contributed by atoms with Crippen molar-refractivity contribution < 1.29 is 4.79 Å². The van der Waals surface area contributed by atoms with Gasteiger partial charge in [0.2, 0.25) is 0 Å². The van der Waals surface area contributed by atoms with Crippen molar-refractivity contribution in [1.29, 1.82) is 0 Å². The summed E-state index contributed by atoms with van der Waals surface area (Å²) in [5, 5.41) is 4.59. The smallest absolute Gasteiger partial charge is 0.274 e. The van der Waals surface area contributed by atoms with E-state index in [0.717, 1.165) is 29.8 Å². The third kappa shape index (κ3) is 3.40. The Morgan fingerprint density at radius 3 is 2.42 bits per heavy atom. The molecule has 4 rings (SSSR count). The maximum Gasteiger partial charge on any atom is 0.274 e. The molecule has 0 spiro atoms. The number of rotatable bonds is 5. The highest BCUT2D eigenvalue weighted by Gasteiger charge is 2.34. The van der Waals surface area contributed by atoms with Gasteiger partial charge in [-0.15, -0.1) is 0 Å². The molecule has 4 nitrogen and oxygen atoms in total. The van der Waals surface area contributed by atoms with Crippen LogP contribution in [0, 0.1) is 13.8 Å². The van der Waals surface area contributed by atoms with E-state index in [4.69, 9.17) is 0 Å². The third-order valence-electron chi connectivity index (χ3n) is 4.83. The summed E-state index contributed by atoms with van der Waals surface area (Å²) in [6.45, 7) is 4.70. The quantitative estimate of drug-likeness (QED) is 0.692. The minimum Gasteiger partial charge on any atom is -0.330 e. The van der Waals surface area contributed by atoms with Crippen LogP contribution in [-0.4, -0.2) is 26.6 Å². The van der Waals surface area contributed by atoms with Gasteiger partial charge in [-0.25, -0.2) is 4.68 Å². The van der Waals surface area contributed by atoms with E-state index in [1.54, 1.807) is 0 Å². The van der Waals surface area contributed by atoms with Crippen molar-refractivity contribution in [3.8, 4) is 5.69 Å². The number of hydrogen-bond donors (Lipinski definition) is 0. The summed E-state index contributed by atoms with van der Waals surface area (Å²) in [6, 6.07) is 20.6. The van der Waals surface area contributed by atoms with Crippen molar-refractivity contribution in [2.75, 3.05) is 0 Å². The van der Waals surface area contributed by atoms with Gasteiger partial charge in [-0.3, -0.25) is 4.79 Å². The van der Waals surface area contributed by atoms with Gasteiger partial charge in [0.05, 0.1) is 5.69 Å². The number of nitrogens with zero attached hydrogens (tertiary/aromatic N) is 3. The first-order chi connectivity index (χ1) is 12.6. The van der Waals surface area contributed by atoms with Crippen LogP contribution in [-0.2, 0) is 6.54 Å². The van der Waals surface area contributed by atoms with Crippen LogP contribution in [0.4, 0.5) is 0 Å².